The number of aromatic nitrogens is 3. The van der Waals surface area contributed by atoms with Gasteiger partial charge >= 0.3 is 0 Å². The molecule has 25 heavy (non-hydrogen) atoms. The molecule has 1 N–H and O–H groups in total. The fraction of sp³-hybridized carbons (Fsp3) is 0.278. The molecule has 1 aliphatic heterocycles. The maximum atomic E-state index is 12.6. The van der Waals surface area contributed by atoms with Crippen LogP contribution in [0, 0.1) is 0 Å². The normalized spacial score (nSPS) is 16.2. The van der Waals surface area contributed by atoms with E-state index < -0.39 is 0 Å². The van der Waals surface area contributed by atoms with Gasteiger partial charge in [0.2, 0.25) is 0 Å². The number of hydrogen-bond donors (Lipinski definition) is 1. The number of ether oxygens (including phenoxy) is 1. The van der Waals surface area contributed by atoms with E-state index in [-0.39, 0.29) is 18.6 Å². The lowest BCUT2D eigenvalue weighted by Crippen LogP contribution is -2.41. The molecule has 2 aromatic heterocycles. The highest BCUT2D eigenvalue weighted by atomic mass is 16.5. The van der Waals surface area contributed by atoms with Gasteiger partial charge in [-0.1, -0.05) is 18.2 Å². The third-order valence-electron chi connectivity index (χ3n) is 4.23. The lowest BCUT2D eigenvalue weighted by atomic mass is 10.1. The number of para-hydroxylation sites is 1. The molecule has 1 amide bonds. The second-order valence-corrected chi connectivity index (χ2v) is 5.94. The summed E-state index contributed by atoms with van der Waals surface area (Å²) >= 11 is 0. The maximum Gasteiger partial charge on any atom is 0.287 e. The summed E-state index contributed by atoms with van der Waals surface area (Å²) in [6, 6.07) is 11.2. The van der Waals surface area contributed by atoms with Gasteiger partial charge in [0.1, 0.15) is 24.5 Å². The van der Waals surface area contributed by atoms with E-state index in [1.807, 2.05) is 35.0 Å². The summed E-state index contributed by atoms with van der Waals surface area (Å²) in [5.74, 6) is 1.77. The summed E-state index contributed by atoms with van der Waals surface area (Å²) in [5.41, 5.74) is 0.721. The molecule has 0 saturated carbocycles. The number of hydrogen-bond acceptors (Lipinski definition) is 5. The van der Waals surface area contributed by atoms with Gasteiger partial charge in [-0.3, -0.25) is 4.79 Å². The van der Waals surface area contributed by atoms with Crippen molar-refractivity contribution >= 4 is 5.91 Å². The molecule has 7 nitrogen and oxygen atoms in total. The molecule has 0 radical (unpaired) electrons. The average molecular weight is 338 g/mol. The van der Waals surface area contributed by atoms with E-state index in [0.29, 0.717) is 12.3 Å². The quantitative estimate of drug-likeness (QED) is 0.771. The Morgan fingerprint density at radius 3 is 3.08 bits per heavy atom. The summed E-state index contributed by atoms with van der Waals surface area (Å²) in [4.78, 5) is 16.7. The van der Waals surface area contributed by atoms with Gasteiger partial charge in [-0.25, -0.2) is 9.67 Å². The van der Waals surface area contributed by atoms with Crippen LogP contribution in [-0.4, -0.2) is 26.7 Å². The van der Waals surface area contributed by atoms with Crippen LogP contribution < -0.4 is 10.1 Å². The van der Waals surface area contributed by atoms with Gasteiger partial charge in [-0.15, -0.1) is 0 Å². The second kappa shape index (κ2) is 6.80. The van der Waals surface area contributed by atoms with Crippen LogP contribution in [-0.2, 0) is 19.6 Å². The Balaban J connectivity index is 1.39. The summed E-state index contributed by atoms with van der Waals surface area (Å²) < 4.78 is 12.9. The van der Waals surface area contributed by atoms with Crippen molar-refractivity contribution < 1.29 is 13.9 Å². The van der Waals surface area contributed by atoms with Gasteiger partial charge in [-0.2, -0.15) is 5.10 Å². The number of carbonyl (C=O) groups excluding carboxylic acids is 1. The number of amides is 1. The molecule has 1 atom stereocenters. The van der Waals surface area contributed by atoms with Crippen molar-refractivity contribution in [3.8, 4) is 5.75 Å². The first-order valence-corrected chi connectivity index (χ1v) is 8.21. The van der Waals surface area contributed by atoms with E-state index in [4.69, 9.17) is 9.15 Å². The number of nitrogens with zero attached hydrogens (tertiary/aromatic N) is 3. The van der Waals surface area contributed by atoms with Crippen molar-refractivity contribution in [2.45, 2.75) is 32.0 Å². The first-order valence-electron chi connectivity index (χ1n) is 8.21. The molecular weight excluding hydrogens is 320 g/mol. The van der Waals surface area contributed by atoms with Crippen molar-refractivity contribution in [2.75, 3.05) is 0 Å². The Labute approximate surface area is 144 Å². The molecule has 3 heterocycles. The molecule has 0 saturated heterocycles. The number of carbonyl (C=O) groups is 1. The number of benzene rings is 1. The van der Waals surface area contributed by atoms with Crippen LogP contribution >= 0.6 is 0 Å². The van der Waals surface area contributed by atoms with E-state index in [1.54, 1.807) is 12.4 Å². The molecular formula is C18H18N4O3. The molecule has 1 unspecified atom stereocenters. The van der Waals surface area contributed by atoms with E-state index >= 15 is 0 Å². The smallest absolute Gasteiger partial charge is 0.287 e. The van der Waals surface area contributed by atoms with Gasteiger partial charge in [0.25, 0.3) is 5.91 Å². The van der Waals surface area contributed by atoms with Crippen LogP contribution in [0.2, 0.25) is 0 Å². The van der Waals surface area contributed by atoms with Crippen LogP contribution in [0.15, 0.2) is 53.4 Å². The van der Waals surface area contributed by atoms with Gasteiger partial charge in [-0.05, 0) is 24.6 Å². The van der Waals surface area contributed by atoms with Gasteiger partial charge in [0, 0.05) is 18.0 Å². The molecule has 128 valence electrons. The van der Waals surface area contributed by atoms with Gasteiger partial charge in [0.05, 0.1) is 12.8 Å². The minimum atomic E-state index is -0.231. The van der Waals surface area contributed by atoms with E-state index in [2.05, 4.69) is 15.4 Å². The summed E-state index contributed by atoms with van der Waals surface area (Å²) in [6.45, 7) is 0.902. The number of rotatable bonds is 5. The first kappa shape index (κ1) is 15.4. The number of furan rings is 1. The largest absolute Gasteiger partial charge is 0.489 e. The monoisotopic (exact) mass is 338 g/mol. The highest BCUT2D eigenvalue weighted by molar-refractivity contribution is 5.93. The molecule has 3 aromatic rings. The molecule has 0 fully saturated rings. The summed E-state index contributed by atoms with van der Waals surface area (Å²) in [5, 5.41) is 7.18. The molecule has 1 aliphatic rings. The molecule has 0 aliphatic carbocycles. The molecule has 0 spiro atoms. The van der Waals surface area contributed by atoms with Crippen LogP contribution in [0.1, 0.15) is 28.4 Å². The molecule has 1 aromatic carbocycles. The predicted molar refractivity (Wildman–Crippen MR) is 89.1 cm³/mol. The van der Waals surface area contributed by atoms with Crippen molar-refractivity contribution in [1.82, 2.24) is 20.1 Å². The van der Waals surface area contributed by atoms with Crippen molar-refractivity contribution in [1.29, 1.82) is 0 Å². The summed E-state index contributed by atoms with van der Waals surface area (Å²) in [6.07, 6.45) is 4.69. The molecule has 0 bridgehead atoms. The zero-order valence-corrected chi connectivity index (χ0v) is 13.6. The SMILES string of the molecule is O=C(NC1CCc2ncnn2C1)c1occc1COc1ccccc1. The first-order chi connectivity index (χ1) is 12.3. The average Bonchev–Trinajstić information content (AvgIpc) is 3.29. The Kier molecular flexibility index (Phi) is 4.20. The standard InChI is InChI=1S/C18H18N4O3/c23-18(21-14-6-7-16-19-12-20-22(16)10-14)17-13(8-9-24-17)11-25-15-4-2-1-3-5-15/h1-5,8-9,12,14H,6-7,10-11H2,(H,21,23). The van der Waals surface area contributed by atoms with E-state index in [0.717, 1.165) is 30.0 Å². The van der Waals surface area contributed by atoms with Crippen molar-refractivity contribution in [3.63, 3.8) is 0 Å². The fourth-order valence-electron chi connectivity index (χ4n) is 2.93. The summed E-state index contributed by atoms with van der Waals surface area (Å²) in [7, 11) is 0. The Morgan fingerprint density at radius 2 is 2.20 bits per heavy atom. The third kappa shape index (κ3) is 3.40. The van der Waals surface area contributed by atoms with Crippen LogP contribution in [0.5, 0.6) is 5.75 Å². The maximum absolute atomic E-state index is 12.6. The van der Waals surface area contributed by atoms with Crippen molar-refractivity contribution in [2.24, 2.45) is 0 Å². The van der Waals surface area contributed by atoms with Crippen LogP contribution in [0.4, 0.5) is 0 Å². The zero-order chi connectivity index (χ0) is 17.1. The third-order valence-corrected chi connectivity index (χ3v) is 4.23. The van der Waals surface area contributed by atoms with Crippen LogP contribution in [0.3, 0.4) is 0 Å². The minimum Gasteiger partial charge on any atom is -0.489 e. The number of aryl methyl sites for hydroxylation is 1. The highest BCUT2D eigenvalue weighted by Crippen LogP contribution is 2.17. The highest BCUT2D eigenvalue weighted by Gasteiger charge is 2.24. The fourth-order valence-corrected chi connectivity index (χ4v) is 2.93. The van der Waals surface area contributed by atoms with E-state index in [1.165, 1.54) is 6.26 Å². The lowest BCUT2D eigenvalue weighted by Gasteiger charge is -2.23. The Bertz CT molecular complexity index is 856. The Morgan fingerprint density at radius 1 is 1.32 bits per heavy atom. The predicted octanol–water partition coefficient (Wildman–Crippen LogP) is 2.19. The topological polar surface area (TPSA) is 82.2 Å². The van der Waals surface area contributed by atoms with Crippen molar-refractivity contribution in [3.05, 3.63) is 66.1 Å². The molecule has 4 rings (SSSR count). The van der Waals surface area contributed by atoms with Gasteiger partial charge in [0.15, 0.2) is 5.76 Å². The second-order valence-electron chi connectivity index (χ2n) is 5.94. The van der Waals surface area contributed by atoms with E-state index in [9.17, 15) is 4.79 Å². The number of nitrogens with one attached hydrogen (secondary N) is 1. The minimum absolute atomic E-state index is 0.00897. The zero-order valence-electron chi connectivity index (χ0n) is 13.6. The lowest BCUT2D eigenvalue weighted by molar-refractivity contribution is 0.0894. The van der Waals surface area contributed by atoms with Gasteiger partial charge < -0.3 is 14.5 Å². The molecule has 7 heteroatoms. The Hall–Kier alpha value is -3.09. The number of fused-ring (bicyclic) bond motifs is 1. The van der Waals surface area contributed by atoms with Crippen LogP contribution in [0.25, 0.3) is 0 Å².